The first kappa shape index (κ1) is 14.4. The molecule has 0 heterocycles. The van der Waals surface area contributed by atoms with E-state index in [-0.39, 0.29) is 5.69 Å². The maximum absolute atomic E-state index is 10.8. The predicted octanol–water partition coefficient (Wildman–Crippen LogP) is 1.25. The zero-order valence-electron chi connectivity index (χ0n) is 11.0. The average molecular weight is 253 g/mol. The third-order valence-corrected chi connectivity index (χ3v) is 2.46. The van der Waals surface area contributed by atoms with Crippen LogP contribution in [0, 0.1) is 10.1 Å². The summed E-state index contributed by atoms with van der Waals surface area (Å²) in [5, 5.41) is 14.0. The molecule has 0 bridgehead atoms. The van der Waals surface area contributed by atoms with E-state index in [0.29, 0.717) is 12.3 Å². The molecule has 0 saturated carbocycles. The van der Waals surface area contributed by atoms with Gasteiger partial charge in [-0.25, -0.2) is 0 Å². The number of hydrogen-bond acceptors (Lipinski definition) is 5. The first-order valence-corrected chi connectivity index (χ1v) is 5.70. The summed E-state index contributed by atoms with van der Waals surface area (Å²) in [6.07, 6.45) is 0. The van der Waals surface area contributed by atoms with Gasteiger partial charge in [0.2, 0.25) is 0 Å². The number of ether oxygens (including phenoxy) is 1. The first-order valence-electron chi connectivity index (χ1n) is 5.70. The number of benzene rings is 1. The van der Waals surface area contributed by atoms with Crippen molar-refractivity contribution in [1.82, 2.24) is 10.2 Å². The molecule has 0 saturated heterocycles. The van der Waals surface area contributed by atoms with Gasteiger partial charge in [0, 0.05) is 25.7 Å². The normalized spacial score (nSPS) is 10.7. The Labute approximate surface area is 107 Å². The van der Waals surface area contributed by atoms with Crippen LogP contribution < -0.4 is 10.1 Å². The maximum atomic E-state index is 10.8. The van der Waals surface area contributed by atoms with E-state index in [4.69, 9.17) is 4.74 Å². The number of nitro benzene ring substituents is 1. The van der Waals surface area contributed by atoms with Crippen LogP contribution in [0.1, 0.15) is 5.56 Å². The van der Waals surface area contributed by atoms with Crippen LogP contribution in [-0.2, 0) is 6.54 Å². The Morgan fingerprint density at radius 1 is 1.39 bits per heavy atom. The SMILES string of the molecule is COc1cc(CNCCN(C)C)cc([N+](=O)[O-])c1. The van der Waals surface area contributed by atoms with Crippen molar-refractivity contribution >= 4 is 5.69 Å². The molecule has 1 aromatic carbocycles. The van der Waals surface area contributed by atoms with Crippen LogP contribution in [0.25, 0.3) is 0 Å². The molecular weight excluding hydrogens is 234 g/mol. The number of rotatable bonds is 7. The molecular formula is C12H19N3O3. The Bertz CT molecular complexity index is 408. The van der Waals surface area contributed by atoms with Gasteiger partial charge in [0.25, 0.3) is 5.69 Å². The molecule has 1 N–H and O–H groups in total. The number of nitro groups is 1. The molecule has 0 unspecified atom stereocenters. The second-order valence-corrected chi connectivity index (χ2v) is 4.28. The van der Waals surface area contributed by atoms with Crippen molar-refractivity contribution in [3.05, 3.63) is 33.9 Å². The summed E-state index contributed by atoms with van der Waals surface area (Å²) in [4.78, 5) is 12.4. The molecule has 100 valence electrons. The molecule has 0 aliphatic rings. The lowest BCUT2D eigenvalue weighted by atomic mass is 10.2. The van der Waals surface area contributed by atoms with E-state index in [1.807, 2.05) is 14.1 Å². The van der Waals surface area contributed by atoms with Crippen molar-refractivity contribution in [3.63, 3.8) is 0 Å². The van der Waals surface area contributed by atoms with E-state index in [9.17, 15) is 10.1 Å². The van der Waals surface area contributed by atoms with E-state index >= 15 is 0 Å². The fourth-order valence-corrected chi connectivity index (χ4v) is 1.50. The third-order valence-electron chi connectivity index (χ3n) is 2.46. The van der Waals surface area contributed by atoms with Crippen LogP contribution in [0.5, 0.6) is 5.75 Å². The molecule has 1 rings (SSSR count). The zero-order chi connectivity index (χ0) is 13.5. The third kappa shape index (κ3) is 4.68. The van der Waals surface area contributed by atoms with Crippen molar-refractivity contribution in [1.29, 1.82) is 0 Å². The van der Waals surface area contributed by atoms with Crippen molar-refractivity contribution < 1.29 is 9.66 Å². The van der Waals surface area contributed by atoms with Gasteiger partial charge < -0.3 is 15.0 Å². The second-order valence-electron chi connectivity index (χ2n) is 4.28. The molecule has 0 aliphatic heterocycles. The predicted molar refractivity (Wildman–Crippen MR) is 69.9 cm³/mol. The van der Waals surface area contributed by atoms with Crippen molar-refractivity contribution in [2.45, 2.75) is 6.54 Å². The molecule has 0 fully saturated rings. The van der Waals surface area contributed by atoms with Crippen LogP contribution in [0.3, 0.4) is 0 Å². The number of nitrogens with zero attached hydrogens (tertiary/aromatic N) is 2. The number of likely N-dealkylation sites (N-methyl/N-ethyl adjacent to an activating group) is 1. The highest BCUT2D eigenvalue weighted by atomic mass is 16.6. The van der Waals surface area contributed by atoms with E-state index in [2.05, 4.69) is 10.2 Å². The molecule has 0 atom stereocenters. The van der Waals surface area contributed by atoms with E-state index in [0.717, 1.165) is 18.7 Å². The largest absolute Gasteiger partial charge is 0.496 e. The highest BCUT2D eigenvalue weighted by molar-refractivity contribution is 5.42. The molecule has 0 aliphatic carbocycles. The Morgan fingerprint density at radius 3 is 2.67 bits per heavy atom. The van der Waals surface area contributed by atoms with Crippen molar-refractivity contribution in [2.75, 3.05) is 34.3 Å². The van der Waals surface area contributed by atoms with Gasteiger partial charge in [-0.3, -0.25) is 10.1 Å². The van der Waals surface area contributed by atoms with E-state index < -0.39 is 4.92 Å². The molecule has 18 heavy (non-hydrogen) atoms. The van der Waals surface area contributed by atoms with Gasteiger partial charge in [0.15, 0.2) is 0 Å². The number of methoxy groups -OCH3 is 1. The molecule has 0 amide bonds. The molecule has 0 radical (unpaired) electrons. The van der Waals surface area contributed by atoms with E-state index in [1.54, 1.807) is 12.1 Å². The summed E-state index contributed by atoms with van der Waals surface area (Å²) < 4.78 is 5.05. The highest BCUT2D eigenvalue weighted by Gasteiger charge is 2.09. The highest BCUT2D eigenvalue weighted by Crippen LogP contribution is 2.22. The standard InChI is InChI=1S/C12H19N3O3/c1-14(2)5-4-13-9-10-6-11(15(16)17)8-12(7-10)18-3/h6-8,13H,4-5,9H2,1-3H3. The summed E-state index contributed by atoms with van der Waals surface area (Å²) in [6.45, 7) is 2.34. The number of nitrogens with one attached hydrogen (secondary N) is 1. The lowest BCUT2D eigenvalue weighted by Gasteiger charge is -2.10. The molecule has 6 nitrogen and oxygen atoms in total. The average Bonchev–Trinajstić information content (AvgIpc) is 2.34. The minimum absolute atomic E-state index is 0.0544. The van der Waals surface area contributed by atoms with Crippen LogP contribution in [-0.4, -0.2) is 44.1 Å². The number of non-ortho nitro benzene ring substituents is 1. The number of hydrogen-bond donors (Lipinski definition) is 1. The summed E-state index contributed by atoms with van der Waals surface area (Å²) in [5.74, 6) is 0.508. The van der Waals surface area contributed by atoms with E-state index in [1.165, 1.54) is 13.2 Å². The van der Waals surface area contributed by atoms with Gasteiger partial charge >= 0.3 is 0 Å². The minimum atomic E-state index is -0.411. The lowest BCUT2D eigenvalue weighted by molar-refractivity contribution is -0.385. The van der Waals surface area contributed by atoms with Gasteiger partial charge in [-0.2, -0.15) is 0 Å². The summed E-state index contributed by atoms with van der Waals surface area (Å²) in [7, 11) is 5.50. The fourth-order valence-electron chi connectivity index (χ4n) is 1.50. The maximum Gasteiger partial charge on any atom is 0.273 e. The zero-order valence-corrected chi connectivity index (χ0v) is 11.0. The Morgan fingerprint density at radius 2 is 2.11 bits per heavy atom. The monoisotopic (exact) mass is 253 g/mol. The molecule has 6 heteroatoms. The molecule has 0 aromatic heterocycles. The fraction of sp³-hybridized carbons (Fsp3) is 0.500. The van der Waals surface area contributed by atoms with Crippen LogP contribution in [0.4, 0.5) is 5.69 Å². The van der Waals surface area contributed by atoms with Crippen LogP contribution >= 0.6 is 0 Å². The van der Waals surface area contributed by atoms with Gasteiger partial charge in [-0.05, 0) is 25.7 Å². The van der Waals surface area contributed by atoms with Gasteiger partial charge in [0.1, 0.15) is 5.75 Å². The van der Waals surface area contributed by atoms with Crippen molar-refractivity contribution in [3.8, 4) is 5.75 Å². The minimum Gasteiger partial charge on any atom is -0.496 e. The second kappa shape index (κ2) is 6.93. The topological polar surface area (TPSA) is 67.6 Å². The first-order chi connectivity index (χ1) is 8.52. The van der Waals surface area contributed by atoms with Gasteiger partial charge in [-0.15, -0.1) is 0 Å². The summed E-state index contributed by atoms with van der Waals surface area (Å²) >= 11 is 0. The smallest absolute Gasteiger partial charge is 0.273 e. The van der Waals surface area contributed by atoms with Gasteiger partial charge in [0.05, 0.1) is 18.1 Å². The van der Waals surface area contributed by atoms with Crippen LogP contribution in [0.15, 0.2) is 18.2 Å². The molecule has 0 spiro atoms. The summed E-state index contributed by atoms with van der Waals surface area (Å²) in [5.41, 5.74) is 0.901. The van der Waals surface area contributed by atoms with Gasteiger partial charge in [-0.1, -0.05) is 0 Å². The van der Waals surface area contributed by atoms with Crippen LogP contribution in [0.2, 0.25) is 0 Å². The van der Waals surface area contributed by atoms with Crippen molar-refractivity contribution in [2.24, 2.45) is 0 Å². The summed E-state index contributed by atoms with van der Waals surface area (Å²) in [6, 6.07) is 4.78. The molecule has 1 aromatic rings. The Kier molecular flexibility index (Phi) is 5.54. The Hall–Kier alpha value is -1.66. The quantitative estimate of drug-likeness (QED) is 0.450. The Balaban J connectivity index is 2.64. The lowest BCUT2D eigenvalue weighted by Crippen LogP contribution is -2.26.